The summed E-state index contributed by atoms with van der Waals surface area (Å²) in [5.74, 6) is 5.85. The number of halogens is 1. The predicted octanol–water partition coefficient (Wildman–Crippen LogP) is 2.92. The lowest BCUT2D eigenvalue weighted by Gasteiger charge is -2.09. The van der Waals surface area contributed by atoms with E-state index in [0.717, 1.165) is 22.6 Å². The summed E-state index contributed by atoms with van der Waals surface area (Å²) in [5.41, 5.74) is 3.38. The van der Waals surface area contributed by atoms with Crippen LogP contribution in [0.4, 0.5) is 5.69 Å². The third kappa shape index (κ3) is 2.83. The molecule has 3 N–H and O–H groups in total. The van der Waals surface area contributed by atoms with Crippen LogP contribution in [0.1, 0.15) is 5.69 Å². The fourth-order valence-corrected chi connectivity index (χ4v) is 2.28. The van der Waals surface area contributed by atoms with Crippen LogP contribution in [-0.2, 0) is 6.54 Å². The van der Waals surface area contributed by atoms with Gasteiger partial charge in [-0.15, -0.1) is 5.10 Å². The van der Waals surface area contributed by atoms with Gasteiger partial charge in [-0.25, -0.2) is 0 Å². The third-order valence-corrected chi connectivity index (χ3v) is 3.49. The van der Waals surface area contributed by atoms with Gasteiger partial charge in [0.05, 0.1) is 17.3 Å². The summed E-state index contributed by atoms with van der Waals surface area (Å²) in [4.78, 5) is 1.28. The largest absolute Gasteiger partial charge is 0.378 e. The molecule has 5 nitrogen and oxygen atoms in total. The Hall–Kier alpha value is -2.53. The van der Waals surface area contributed by atoms with E-state index >= 15 is 0 Å². The second-order valence-electron chi connectivity index (χ2n) is 4.53. The molecule has 106 valence electrons. The van der Waals surface area contributed by atoms with Gasteiger partial charge < -0.3 is 11.2 Å². The summed E-state index contributed by atoms with van der Waals surface area (Å²) in [6.07, 6.45) is 0. The normalized spacial score (nSPS) is 10.5. The number of aromatic nitrogens is 3. The van der Waals surface area contributed by atoms with E-state index in [1.807, 2.05) is 54.6 Å². The fraction of sp³-hybridized carbons (Fsp3) is 0.0667. The van der Waals surface area contributed by atoms with Crippen molar-refractivity contribution in [1.29, 1.82) is 0 Å². The number of nitrogens with two attached hydrogens (primary N) is 1. The van der Waals surface area contributed by atoms with Crippen molar-refractivity contribution < 1.29 is 0 Å². The number of benzene rings is 2. The maximum Gasteiger partial charge on any atom is 0.120 e. The SMILES string of the molecule is Nn1nnc(-c2ccccc2)c1CNc1ccccc1Cl. The lowest BCUT2D eigenvalue weighted by Crippen LogP contribution is -2.17. The first-order valence-corrected chi connectivity index (χ1v) is 6.87. The smallest absolute Gasteiger partial charge is 0.120 e. The topological polar surface area (TPSA) is 68.8 Å². The molecule has 0 radical (unpaired) electrons. The van der Waals surface area contributed by atoms with Crippen molar-refractivity contribution in [3.63, 3.8) is 0 Å². The zero-order valence-electron chi connectivity index (χ0n) is 11.2. The highest BCUT2D eigenvalue weighted by molar-refractivity contribution is 6.33. The van der Waals surface area contributed by atoms with Gasteiger partial charge >= 0.3 is 0 Å². The van der Waals surface area contributed by atoms with Gasteiger partial charge in [0, 0.05) is 5.56 Å². The van der Waals surface area contributed by atoms with E-state index in [2.05, 4.69) is 15.6 Å². The molecule has 0 atom stereocenters. The van der Waals surface area contributed by atoms with Crippen LogP contribution in [0.3, 0.4) is 0 Å². The van der Waals surface area contributed by atoms with E-state index in [9.17, 15) is 0 Å². The number of nitrogens with one attached hydrogen (secondary N) is 1. The minimum Gasteiger partial charge on any atom is -0.378 e. The molecule has 0 saturated heterocycles. The number of nitrogen functional groups attached to an aromatic ring is 1. The van der Waals surface area contributed by atoms with Crippen LogP contribution in [0.25, 0.3) is 11.3 Å². The van der Waals surface area contributed by atoms with Crippen molar-refractivity contribution >= 4 is 17.3 Å². The Bertz CT molecular complexity index is 739. The summed E-state index contributed by atoms with van der Waals surface area (Å²) in [6, 6.07) is 17.4. The molecule has 2 aromatic carbocycles. The lowest BCUT2D eigenvalue weighted by atomic mass is 10.1. The Morgan fingerprint density at radius 3 is 2.52 bits per heavy atom. The molecule has 0 fully saturated rings. The molecule has 0 aliphatic heterocycles. The first-order valence-electron chi connectivity index (χ1n) is 6.49. The second-order valence-corrected chi connectivity index (χ2v) is 4.94. The van der Waals surface area contributed by atoms with Crippen LogP contribution in [0, 0.1) is 0 Å². The van der Waals surface area contributed by atoms with Crippen molar-refractivity contribution in [3.05, 3.63) is 65.3 Å². The molecule has 0 aliphatic rings. The van der Waals surface area contributed by atoms with Gasteiger partial charge in [-0.1, -0.05) is 54.1 Å². The van der Waals surface area contributed by atoms with Crippen molar-refractivity contribution in [3.8, 4) is 11.3 Å². The van der Waals surface area contributed by atoms with Crippen molar-refractivity contribution in [2.24, 2.45) is 0 Å². The predicted molar refractivity (Wildman–Crippen MR) is 84.4 cm³/mol. The molecule has 0 unspecified atom stereocenters. The molecular formula is C15H14ClN5. The van der Waals surface area contributed by atoms with E-state index in [1.165, 1.54) is 4.79 Å². The molecule has 1 aromatic heterocycles. The highest BCUT2D eigenvalue weighted by Gasteiger charge is 2.13. The summed E-state index contributed by atoms with van der Waals surface area (Å²) in [6.45, 7) is 0.484. The molecule has 0 saturated carbocycles. The number of hydrogen-bond acceptors (Lipinski definition) is 4. The number of rotatable bonds is 4. The fourth-order valence-electron chi connectivity index (χ4n) is 2.08. The van der Waals surface area contributed by atoms with Crippen LogP contribution >= 0.6 is 11.6 Å². The number of anilines is 1. The van der Waals surface area contributed by atoms with E-state index in [1.54, 1.807) is 0 Å². The molecule has 0 amide bonds. The molecule has 0 spiro atoms. The number of para-hydroxylation sites is 1. The van der Waals surface area contributed by atoms with Crippen molar-refractivity contribution in [2.75, 3.05) is 11.2 Å². The highest BCUT2D eigenvalue weighted by Crippen LogP contribution is 2.24. The summed E-state index contributed by atoms with van der Waals surface area (Å²) >= 11 is 6.13. The third-order valence-electron chi connectivity index (χ3n) is 3.16. The van der Waals surface area contributed by atoms with E-state index in [4.69, 9.17) is 17.4 Å². The van der Waals surface area contributed by atoms with Gasteiger partial charge in [0.15, 0.2) is 0 Å². The molecule has 21 heavy (non-hydrogen) atoms. The lowest BCUT2D eigenvalue weighted by molar-refractivity contribution is 0.732. The van der Waals surface area contributed by atoms with Crippen molar-refractivity contribution in [2.45, 2.75) is 6.54 Å². The minimum atomic E-state index is 0.484. The Kier molecular flexibility index (Phi) is 3.75. The van der Waals surface area contributed by atoms with Crippen LogP contribution in [-0.4, -0.2) is 15.1 Å². The zero-order valence-corrected chi connectivity index (χ0v) is 12.0. The summed E-state index contributed by atoms with van der Waals surface area (Å²) < 4.78 is 0. The zero-order chi connectivity index (χ0) is 14.7. The summed E-state index contributed by atoms with van der Waals surface area (Å²) in [7, 11) is 0. The molecule has 6 heteroatoms. The first-order chi connectivity index (χ1) is 10.3. The summed E-state index contributed by atoms with van der Waals surface area (Å²) in [5, 5.41) is 12.0. The van der Waals surface area contributed by atoms with Crippen LogP contribution in [0.15, 0.2) is 54.6 Å². The monoisotopic (exact) mass is 299 g/mol. The average Bonchev–Trinajstić information content (AvgIpc) is 2.88. The standard InChI is InChI=1S/C15H14ClN5/c16-12-8-4-5-9-13(12)18-10-14-15(19-20-21(14)17)11-6-2-1-3-7-11/h1-9,18H,10,17H2. The molecule has 1 heterocycles. The minimum absolute atomic E-state index is 0.484. The molecule has 3 aromatic rings. The maximum absolute atomic E-state index is 6.13. The van der Waals surface area contributed by atoms with E-state index in [-0.39, 0.29) is 0 Å². The van der Waals surface area contributed by atoms with Gasteiger partial charge in [0.2, 0.25) is 0 Å². The Balaban J connectivity index is 1.86. The maximum atomic E-state index is 6.13. The highest BCUT2D eigenvalue weighted by atomic mass is 35.5. The van der Waals surface area contributed by atoms with Crippen LogP contribution in [0.5, 0.6) is 0 Å². The Morgan fingerprint density at radius 2 is 1.76 bits per heavy atom. The van der Waals surface area contributed by atoms with E-state index in [0.29, 0.717) is 11.6 Å². The molecular weight excluding hydrogens is 286 g/mol. The Labute approximate surface area is 127 Å². The van der Waals surface area contributed by atoms with Gasteiger partial charge in [-0.05, 0) is 17.3 Å². The van der Waals surface area contributed by atoms with Crippen LogP contribution in [0.2, 0.25) is 5.02 Å². The average molecular weight is 300 g/mol. The van der Waals surface area contributed by atoms with Gasteiger partial charge in [0.25, 0.3) is 0 Å². The first kappa shape index (κ1) is 13.5. The quantitative estimate of drug-likeness (QED) is 0.727. The van der Waals surface area contributed by atoms with E-state index < -0.39 is 0 Å². The van der Waals surface area contributed by atoms with Gasteiger partial charge in [0.1, 0.15) is 11.4 Å². The molecule has 0 aliphatic carbocycles. The van der Waals surface area contributed by atoms with Crippen molar-refractivity contribution in [1.82, 2.24) is 15.1 Å². The molecule has 3 rings (SSSR count). The second kappa shape index (κ2) is 5.85. The Morgan fingerprint density at radius 1 is 1.05 bits per heavy atom. The van der Waals surface area contributed by atoms with Gasteiger partial charge in [-0.3, -0.25) is 0 Å². The van der Waals surface area contributed by atoms with Crippen LogP contribution < -0.4 is 11.2 Å². The molecule has 0 bridgehead atoms. The van der Waals surface area contributed by atoms with Gasteiger partial charge in [-0.2, -0.15) is 4.79 Å². The number of hydrogen-bond donors (Lipinski definition) is 2. The number of nitrogens with zero attached hydrogens (tertiary/aromatic N) is 3.